The number of aromatic amines is 1. The van der Waals surface area contributed by atoms with E-state index in [0.29, 0.717) is 29.4 Å². The molecule has 1 aliphatic rings. The molecule has 0 bridgehead atoms. The van der Waals surface area contributed by atoms with E-state index >= 15 is 0 Å². The van der Waals surface area contributed by atoms with Gasteiger partial charge in [0.25, 0.3) is 5.56 Å². The summed E-state index contributed by atoms with van der Waals surface area (Å²) in [6, 6.07) is 19.2. The quantitative estimate of drug-likeness (QED) is 0.218. The number of aromatic nitrogens is 4. The summed E-state index contributed by atoms with van der Waals surface area (Å²) in [4.78, 5) is 24.5. The van der Waals surface area contributed by atoms with Gasteiger partial charge in [-0.05, 0) is 73.5 Å². The third-order valence-corrected chi connectivity index (χ3v) is 7.83. The fourth-order valence-electron chi connectivity index (χ4n) is 5.03. The van der Waals surface area contributed by atoms with Crippen molar-refractivity contribution in [3.8, 4) is 17.5 Å². The molecule has 0 spiro atoms. The molecule has 2 aromatic carbocycles. The number of aliphatic hydroxyl groups is 1. The van der Waals surface area contributed by atoms with Gasteiger partial charge in [-0.3, -0.25) is 14.7 Å². The van der Waals surface area contributed by atoms with Gasteiger partial charge in [-0.2, -0.15) is 5.26 Å². The van der Waals surface area contributed by atoms with Crippen LogP contribution in [0.2, 0.25) is 5.02 Å². The average Bonchev–Trinajstić information content (AvgIpc) is 3.60. The van der Waals surface area contributed by atoms with Gasteiger partial charge in [0.05, 0.1) is 27.7 Å². The van der Waals surface area contributed by atoms with E-state index in [1.54, 1.807) is 25.1 Å². The summed E-state index contributed by atoms with van der Waals surface area (Å²) in [6.45, 7) is 8.80. The van der Waals surface area contributed by atoms with Gasteiger partial charge in [0.1, 0.15) is 6.07 Å². The lowest BCUT2D eigenvalue weighted by Gasteiger charge is -2.36. The van der Waals surface area contributed by atoms with Crippen LogP contribution in [0.4, 0.5) is 11.4 Å². The molecule has 1 atom stereocenters. The Morgan fingerprint density at radius 1 is 1.13 bits per heavy atom. The van der Waals surface area contributed by atoms with Crippen LogP contribution in [0, 0.1) is 11.3 Å². The fourth-order valence-corrected chi connectivity index (χ4v) is 5.26. The molecule has 1 unspecified atom stereocenters. The number of pyridine rings is 2. The van der Waals surface area contributed by atoms with Crippen LogP contribution in [0.3, 0.4) is 0 Å². The summed E-state index contributed by atoms with van der Waals surface area (Å²) >= 11 is 5.82. The van der Waals surface area contributed by atoms with Crippen molar-refractivity contribution < 1.29 is 9.52 Å². The molecule has 4 heterocycles. The highest BCUT2D eigenvalue weighted by molar-refractivity contribution is 6.32. The van der Waals surface area contributed by atoms with Crippen molar-refractivity contribution in [3.05, 3.63) is 99.3 Å². The molecule has 11 nitrogen and oxygen atoms in total. The van der Waals surface area contributed by atoms with Crippen LogP contribution in [-0.4, -0.2) is 69.0 Å². The van der Waals surface area contributed by atoms with Gasteiger partial charge in [0.2, 0.25) is 12.3 Å². The summed E-state index contributed by atoms with van der Waals surface area (Å²) in [5, 5.41) is 28.8. The van der Waals surface area contributed by atoms with Gasteiger partial charge in [-0.25, -0.2) is 0 Å². The van der Waals surface area contributed by atoms with E-state index in [1.807, 2.05) is 43.5 Å². The lowest BCUT2D eigenvalue weighted by Crippen LogP contribution is -2.45. The first kappa shape index (κ1) is 31.7. The van der Waals surface area contributed by atoms with Crippen molar-refractivity contribution in [2.24, 2.45) is 0 Å². The van der Waals surface area contributed by atoms with E-state index < -0.39 is 6.10 Å². The maximum atomic E-state index is 12.1. The minimum Gasteiger partial charge on any atom is -0.423 e. The minimum atomic E-state index is -0.413. The highest BCUT2D eigenvalue weighted by atomic mass is 35.5. The van der Waals surface area contributed by atoms with Gasteiger partial charge in [-0.15, -0.1) is 10.2 Å². The molecule has 5 aromatic rings. The molecule has 0 saturated carbocycles. The van der Waals surface area contributed by atoms with E-state index in [9.17, 15) is 4.79 Å². The number of anilines is 2. The van der Waals surface area contributed by atoms with Crippen molar-refractivity contribution in [2.75, 3.05) is 42.9 Å². The molecule has 45 heavy (non-hydrogen) atoms. The van der Waals surface area contributed by atoms with Crippen LogP contribution < -0.4 is 15.8 Å². The van der Waals surface area contributed by atoms with Gasteiger partial charge in [0, 0.05) is 68.0 Å². The Hall–Kier alpha value is -4.76. The molecule has 0 aliphatic carbocycles. The van der Waals surface area contributed by atoms with Crippen LogP contribution in [0.5, 0.6) is 0 Å². The molecule has 0 radical (unpaired) electrons. The molecule has 3 aromatic heterocycles. The number of aryl methyl sites for hydroxylation is 1. The number of H-pyrrole nitrogens is 1. The summed E-state index contributed by atoms with van der Waals surface area (Å²) in [6.07, 6.45) is 3.55. The van der Waals surface area contributed by atoms with Crippen LogP contribution >= 0.6 is 11.6 Å². The molecule has 232 valence electrons. The van der Waals surface area contributed by atoms with Crippen LogP contribution in [-0.2, 0) is 13.0 Å². The first-order valence-electron chi connectivity index (χ1n) is 14.8. The SMILES string of the molecule is CC(O)CNc1ccc(C#N)c(Cl)c1.CCc1cc2ncc(CN3CCN(c4ccc(-c5nnco5)cc4)CC3)cc2[nH]c1=O. The van der Waals surface area contributed by atoms with E-state index in [2.05, 4.69) is 47.4 Å². The standard InChI is InChI=1S/C23H24N6O2.C10H11ClN2O/c1-2-17-12-20-21(26-22(17)30)11-16(13-24-20)14-28-7-9-29(10-8-28)19-5-3-18(4-6-19)23-27-25-15-31-23;1-7(14)6-13-9-3-2-8(5-12)10(11)4-9/h3-6,11-13,15H,2,7-10,14H2,1H3,(H,26,30);2-4,7,13-14H,6H2,1H3. The lowest BCUT2D eigenvalue weighted by atomic mass is 10.1. The van der Waals surface area contributed by atoms with E-state index in [1.165, 1.54) is 12.1 Å². The zero-order valence-electron chi connectivity index (χ0n) is 25.2. The number of hydrogen-bond acceptors (Lipinski definition) is 10. The second kappa shape index (κ2) is 14.8. The summed E-state index contributed by atoms with van der Waals surface area (Å²) in [7, 11) is 0. The number of halogens is 1. The smallest absolute Gasteiger partial charge is 0.251 e. The van der Waals surface area contributed by atoms with Crippen molar-refractivity contribution in [1.29, 1.82) is 5.26 Å². The number of piperazine rings is 1. The zero-order valence-corrected chi connectivity index (χ0v) is 26.0. The number of nitrogens with one attached hydrogen (secondary N) is 2. The minimum absolute atomic E-state index is 0.0207. The normalized spacial score (nSPS) is 14.0. The maximum absolute atomic E-state index is 12.1. The van der Waals surface area contributed by atoms with Crippen molar-refractivity contribution in [3.63, 3.8) is 0 Å². The first-order chi connectivity index (χ1) is 21.8. The summed E-state index contributed by atoms with van der Waals surface area (Å²) in [5.74, 6) is 0.535. The number of fused-ring (bicyclic) bond motifs is 1. The fraction of sp³-hybridized carbons (Fsp3) is 0.303. The van der Waals surface area contributed by atoms with Crippen LogP contribution in [0.25, 0.3) is 22.5 Å². The van der Waals surface area contributed by atoms with Gasteiger partial charge >= 0.3 is 0 Å². The van der Waals surface area contributed by atoms with E-state index in [-0.39, 0.29) is 5.56 Å². The Bertz CT molecular complexity index is 1810. The topological polar surface area (TPSA) is 147 Å². The number of hydrogen-bond donors (Lipinski definition) is 3. The number of nitrogens with zero attached hydrogens (tertiary/aromatic N) is 6. The monoisotopic (exact) mass is 626 g/mol. The second-order valence-electron chi connectivity index (χ2n) is 10.8. The molecule has 0 amide bonds. The van der Waals surface area contributed by atoms with Gasteiger partial charge < -0.3 is 24.7 Å². The molecule has 3 N–H and O–H groups in total. The molecule has 1 saturated heterocycles. The first-order valence-corrected chi connectivity index (χ1v) is 15.2. The van der Waals surface area contributed by atoms with Crippen molar-refractivity contribution in [1.82, 2.24) is 25.1 Å². The Kier molecular flexibility index (Phi) is 10.4. The molecule has 6 rings (SSSR count). The Labute approximate surface area is 266 Å². The Balaban J connectivity index is 0.000000241. The predicted octanol–water partition coefficient (Wildman–Crippen LogP) is 4.86. The zero-order chi connectivity index (χ0) is 31.8. The van der Waals surface area contributed by atoms with Gasteiger partial charge in [-0.1, -0.05) is 18.5 Å². The predicted molar refractivity (Wildman–Crippen MR) is 175 cm³/mol. The highest BCUT2D eigenvalue weighted by Crippen LogP contribution is 2.23. The van der Waals surface area contributed by atoms with Crippen molar-refractivity contribution in [2.45, 2.75) is 32.9 Å². The van der Waals surface area contributed by atoms with Crippen LogP contribution in [0.15, 0.2) is 76.4 Å². The molecular formula is C33H35ClN8O3. The number of rotatable bonds is 8. The van der Waals surface area contributed by atoms with Gasteiger partial charge in [0.15, 0.2) is 0 Å². The lowest BCUT2D eigenvalue weighted by molar-refractivity contribution is 0.208. The van der Waals surface area contributed by atoms with E-state index in [0.717, 1.165) is 66.1 Å². The molecule has 1 fully saturated rings. The Morgan fingerprint density at radius 2 is 1.91 bits per heavy atom. The number of aliphatic hydroxyl groups excluding tert-OH is 1. The third kappa shape index (κ3) is 8.25. The Morgan fingerprint density at radius 3 is 2.56 bits per heavy atom. The van der Waals surface area contributed by atoms with Crippen molar-refractivity contribution >= 4 is 34.0 Å². The number of benzene rings is 2. The largest absolute Gasteiger partial charge is 0.423 e. The third-order valence-electron chi connectivity index (χ3n) is 7.52. The maximum Gasteiger partial charge on any atom is 0.251 e. The number of nitriles is 1. The van der Waals surface area contributed by atoms with E-state index in [4.69, 9.17) is 26.4 Å². The highest BCUT2D eigenvalue weighted by Gasteiger charge is 2.18. The second-order valence-corrected chi connectivity index (χ2v) is 11.3. The molecular weight excluding hydrogens is 592 g/mol. The summed E-state index contributed by atoms with van der Waals surface area (Å²) in [5.41, 5.74) is 6.89. The molecule has 1 aliphatic heterocycles. The molecule has 12 heteroatoms. The van der Waals surface area contributed by atoms with Crippen LogP contribution in [0.1, 0.15) is 30.5 Å². The summed E-state index contributed by atoms with van der Waals surface area (Å²) < 4.78 is 5.25. The average molecular weight is 627 g/mol.